The average molecular weight is 390 g/mol. The van der Waals surface area contributed by atoms with Gasteiger partial charge in [0.25, 0.3) is 0 Å². The van der Waals surface area contributed by atoms with Crippen molar-refractivity contribution in [3.8, 4) is 0 Å². The number of allylic oxidation sites excluding steroid dienone is 3. The van der Waals surface area contributed by atoms with Crippen LogP contribution < -0.4 is 5.73 Å². The minimum atomic E-state index is 0.626. The van der Waals surface area contributed by atoms with Crippen molar-refractivity contribution in [2.24, 2.45) is 11.7 Å². The average Bonchev–Trinajstić information content (AvgIpc) is 3.27. The topological polar surface area (TPSA) is 26.0 Å². The summed E-state index contributed by atoms with van der Waals surface area (Å²) < 4.78 is 0. The van der Waals surface area contributed by atoms with Crippen molar-refractivity contribution in [2.75, 3.05) is 0 Å². The lowest BCUT2D eigenvalue weighted by Gasteiger charge is -2.02. The molecule has 0 radical (unpaired) electrons. The first kappa shape index (κ1) is 23.2. The number of rotatable bonds is 9. The van der Waals surface area contributed by atoms with E-state index in [1.807, 2.05) is 0 Å². The minimum absolute atomic E-state index is 0.626. The molecule has 1 saturated carbocycles. The summed E-state index contributed by atoms with van der Waals surface area (Å²) in [7, 11) is 0. The summed E-state index contributed by atoms with van der Waals surface area (Å²) in [6.45, 7) is 6.57. The van der Waals surface area contributed by atoms with Crippen molar-refractivity contribution in [1.29, 1.82) is 0 Å². The molecule has 1 aliphatic rings. The molecule has 0 bridgehead atoms. The molecule has 156 valence electrons. The van der Waals surface area contributed by atoms with Crippen LogP contribution in [0.5, 0.6) is 0 Å². The van der Waals surface area contributed by atoms with Gasteiger partial charge < -0.3 is 5.73 Å². The first-order chi connectivity index (χ1) is 14.2. The second kappa shape index (κ2) is 14.0. The molecule has 0 unspecified atom stereocenters. The molecule has 0 aromatic heterocycles. The Morgan fingerprint density at radius 3 is 2.17 bits per heavy atom. The fourth-order valence-electron chi connectivity index (χ4n) is 3.71. The van der Waals surface area contributed by atoms with Gasteiger partial charge in [0.2, 0.25) is 0 Å². The standard InChI is InChI=1S/C16H22.C12H17N/c1-3-9-15(10-4-1)11-5-2-6-12-16-13-7-8-14-16;1-10(2)3-4-11-5-7-12(9-13)8-6-11/h1,3-4,6,9-10,12,16H,2,5,7-8,11,13-14H2;5-8H,1,3-4,9,13H2,2H3/b12-6+;. The summed E-state index contributed by atoms with van der Waals surface area (Å²) in [4.78, 5) is 0. The summed E-state index contributed by atoms with van der Waals surface area (Å²) in [5, 5.41) is 0. The molecular formula is C28H39N. The van der Waals surface area contributed by atoms with E-state index in [1.54, 1.807) is 0 Å². The molecule has 2 aromatic rings. The molecule has 0 aliphatic heterocycles. The van der Waals surface area contributed by atoms with Crippen LogP contribution in [0.2, 0.25) is 0 Å². The summed E-state index contributed by atoms with van der Waals surface area (Å²) in [6.07, 6.45) is 16.5. The highest BCUT2D eigenvalue weighted by atomic mass is 14.5. The number of hydrogen-bond donors (Lipinski definition) is 1. The Morgan fingerprint density at radius 2 is 1.55 bits per heavy atom. The summed E-state index contributed by atoms with van der Waals surface area (Å²) >= 11 is 0. The van der Waals surface area contributed by atoms with E-state index in [-0.39, 0.29) is 0 Å². The Morgan fingerprint density at radius 1 is 0.931 bits per heavy atom. The van der Waals surface area contributed by atoms with Gasteiger partial charge in [-0.25, -0.2) is 0 Å². The van der Waals surface area contributed by atoms with Crippen LogP contribution in [0.1, 0.15) is 68.6 Å². The Hall–Kier alpha value is -2.12. The molecule has 3 rings (SSSR count). The third-order valence-corrected chi connectivity index (χ3v) is 5.59. The van der Waals surface area contributed by atoms with Crippen molar-refractivity contribution >= 4 is 0 Å². The van der Waals surface area contributed by atoms with Crippen LogP contribution in [0.25, 0.3) is 0 Å². The van der Waals surface area contributed by atoms with Crippen LogP contribution >= 0.6 is 0 Å². The second-order valence-electron chi connectivity index (χ2n) is 8.33. The van der Waals surface area contributed by atoms with Crippen molar-refractivity contribution in [1.82, 2.24) is 0 Å². The number of nitrogens with two attached hydrogens (primary N) is 1. The van der Waals surface area contributed by atoms with E-state index >= 15 is 0 Å². The lowest BCUT2D eigenvalue weighted by Crippen LogP contribution is -1.96. The van der Waals surface area contributed by atoms with E-state index in [1.165, 1.54) is 67.2 Å². The van der Waals surface area contributed by atoms with E-state index in [0.29, 0.717) is 6.54 Å². The number of unbranched alkanes of at least 4 members (excludes halogenated alkanes) is 1. The lowest BCUT2D eigenvalue weighted by molar-refractivity contribution is 0.680. The predicted molar refractivity (Wildman–Crippen MR) is 128 cm³/mol. The molecule has 2 N–H and O–H groups in total. The summed E-state index contributed by atoms with van der Waals surface area (Å²) in [6, 6.07) is 19.3. The molecule has 29 heavy (non-hydrogen) atoms. The van der Waals surface area contributed by atoms with Gasteiger partial charge in [0.1, 0.15) is 0 Å². The normalized spacial score (nSPS) is 14.0. The van der Waals surface area contributed by atoms with E-state index in [0.717, 1.165) is 18.8 Å². The third kappa shape index (κ3) is 10.3. The molecule has 0 saturated heterocycles. The molecule has 0 atom stereocenters. The zero-order chi connectivity index (χ0) is 20.7. The van der Waals surface area contributed by atoms with Gasteiger partial charge in [-0.05, 0) is 74.5 Å². The maximum absolute atomic E-state index is 5.51. The molecule has 1 aliphatic carbocycles. The van der Waals surface area contributed by atoms with Crippen LogP contribution in [0.15, 0.2) is 78.9 Å². The quantitative estimate of drug-likeness (QED) is 0.351. The van der Waals surface area contributed by atoms with Gasteiger partial charge >= 0.3 is 0 Å². The van der Waals surface area contributed by atoms with Gasteiger partial charge in [0, 0.05) is 6.54 Å². The molecular weight excluding hydrogens is 350 g/mol. The zero-order valence-corrected chi connectivity index (χ0v) is 18.3. The van der Waals surface area contributed by atoms with Gasteiger partial charge in [-0.15, -0.1) is 6.58 Å². The minimum Gasteiger partial charge on any atom is -0.326 e. The maximum Gasteiger partial charge on any atom is 0.0178 e. The van der Waals surface area contributed by atoms with Gasteiger partial charge in [-0.3, -0.25) is 0 Å². The highest BCUT2D eigenvalue weighted by molar-refractivity contribution is 5.23. The number of aryl methyl sites for hydroxylation is 2. The lowest BCUT2D eigenvalue weighted by atomic mass is 10.0. The first-order valence-electron chi connectivity index (χ1n) is 11.3. The van der Waals surface area contributed by atoms with Gasteiger partial charge in [-0.1, -0.05) is 85.2 Å². The monoisotopic (exact) mass is 389 g/mol. The third-order valence-electron chi connectivity index (χ3n) is 5.59. The number of hydrogen-bond acceptors (Lipinski definition) is 1. The van der Waals surface area contributed by atoms with Crippen molar-refractivity contribution in [3.63, 3.8) is 0 Å². The molecule has 1 heteroatoms. The van der Waals surface area contributed by atoms with E-state index < -0.39 is 0 Å². The van der Waals surface area contributed by atoms with E-state index in [4.69, 9.17) is 5.73 Å². The number of benzene rings is 2. The Balaban J connectivity index is 0.000000212. The fraction of sp³-hybridized carbons (Fsp3) is 0.429. The zero-order valence-electron chi connectivity index (χ0n) is 18.3. The second-order valence-corrected chi connectivity index (χ2v) is 8.33. The summed E-state index contributed by atoms with van der Waals surface area (Å²) in [5.41, 5.74) is 10.8. The van der Waals surface area contributed by atoms with Crippen molar-refractivity contribution < 1.29 is 0 Å². The smallest absolute Gasteiger partial charge is 0.0178 e. The fourth-order valence-corrected chi connectivity index (χ4v) is 3.71. The first-order valence-corrected chi connectivity index (χ1v) is 11.3. The molecule has 1 nitrogen and oxygen atoms in total. The largest absolute Gasteiger partial charge is 0.326 e. The Kier molecular flexibility index (Phi) is 11.1. The Bertz CT molecular complexity index is 706. The van der Waals surface area contributed by atoms with Crippen molar-refractivity contribution in [2.45, 2.75) is 71.3 Å². The van der Waals surface area contributed by atoms with Crippen LogP contribution in [-0.2, 0) is 19.4 Å². The van der Waals surface area contributed by atoms with E-state index in [2.05, 4.69) is 80.3 Å². The highest BCUT2D eigenvalue weighted by Gasteiger charge is 2.10. The van der Waals surface area contributed by atoms with Crippen LogP contribution in [0.4, 0.5) is 0 Å². The van der Waals surface area contributed by atoms with Crippen molar-refractivity contribution in [3.05, 3.63) is 95.6 Å². The van der Waals surface area contributed by atoms with Gasteiger partial charge in [0.05, 0.1) is 0 Å². The van der Waals surface area contributed by atoms with Crippen LogP contribution in [-0.4, -0.2) is 0 Å². The Labute approximate surface area is 178 Å². The van der Waals surface area contributed by atoms with Crippen LogP contribution in [0, 0.1) is 5.92 Å². The molecule has 0 amide bonds. The van der Waals surface area contributed by atoms with Gasteiger partial charge in [-0.2, -0.15) is 0 Å². The van der Waals surface area contributed by atoms with E-state index in [9.17, 15) is 0 Å². The molecule has 0 heterocycles. The predicted octanol–water partition coefficient (Wildman–Crippen LogP) is 7.41. The maximum atomic E-state index is 5.51. The highest BCUT2D eigenvalue weighted by Crippen LogP contribution is 2.25. The molecule has 2 aromatic carbocycles. The SMILES string of the molecule is C(=C\C1CCCC1)/CCCc1ccccc1.C=C(C)CCc1ccc(CN)cc1. The molecule has 1 fully saturated rings. The van der Waals surface area contributed by atoms with Gasteiger partial charge in [0.15, 0.2) is 0 Å². The molecule has 0 spiro atoms. The van der Waals surface area contributed by atoms with Crippen LogP contribution in [0.3, 0.4) is 0 Å². The summed E-state index contributed by atoms with van der Waals surface area (Å²) in [5.74, 6) is 0.900.